The smallest absolute Gasteiger partial charge is 0.286 e. The van der Waals surface area contributed by atoms with Crippen molar-refractivity contribution < 1.29 is 19.3 Å². The zero-order chi connectivity index (χ0) is 20.1. The number of amides is 2. The number of aryl methyl sites for hydroxylation is 1. The van der Waals surface area contributed by atoms with Crippen LogP contribution in [0.25, 0.3) is 0 Å². The largest absolute Gasteiger partial charge is 0.354 e. The second-order valence-electron chi connectivity index (χ2n) is 6.00. The number of hydrogen-bond donors (Lipinski definition) is 3. The molecule has 1 aromatic heterocycles. The Morgan fingerprint density at radius 1 is 1.19 bits per heavy atom. The SMILES string of the molecule is CCCc1c(C(=O)NNC(=O)c2cccc([N+](=O)[O-])c2)[nH]c(C)c1C(C)=O. The molecule has 0 aliphatic heterocycles. The third kappa shape index (κ3) is 4.38. The van der Waals surface area contributed by atoms with Crippen LogP contribution in [0, 0.1) is 17.0 Å². The Labute approximate surface area is 155 Å². The maximum absolute atomic E-state index is 12.5. The van der Waals surface area contributed by atoms with Crippen molar-refractivity contribution in [3.8, 4) is 0 Å². The summed E-state index contributed by atoms with van der Waals surface area (Å²) in [5.74, 6) is -1.45. The molecular formula is C18H20N4O5. The van der Waals surface area contributed by atoms with Gasteiger partial charge in [-0.15, -0.1) is 0 Å². The van der Waals surface area contributed by atoms with E-state index < -0.39 is 16.7 Å². The lowest BCUT2D eigenvalue weighted by atomic mass is 10.0. The van der Waals surface area contributed by atoms with E-state index in [0.717, 1.165) is 12.5 Å². The molecule has 27 heavy (non-hydrogen) atoms. The summed E-state index contributed by atoms with van der Waals surface area (Å²) < 4.78 is 0. The van der Waals surface area contributed by atoms with Crippen molar-refractivity contribution in [1.82, 2.24) is 15.8 Å². The lowest BCUT2D eigenvalue weighted by molar-refractivity contribution is -0.384. The van der Waals surface area contributed by atoms with Crippen molar-refractivity contribution in [1.29, 1.82) is 0 Å². The molecule has 0 unspecified atom stereocenters. The first-order valence-corrected chi connectivity index (χ1v) is 8.33. The van der Waals surface area contributed by atoms with Gasteiger partial charge in [-0.2, -0.15) is 0 Å². The molecule has 0 atom stereocenters. The summed E-state index contributed by atoms with van der Waals surface area (Å²) in [7, 11) is 0. The van der Waals surface area contributed by atoms with Crippen molar-refractivity contribution in [3.05, 3.63) is 62.5 Å². The molecule has 1 aromatic carbocycles. The van der Waals surface area contributed by atoms with E-state index in [-0.39, 0.29) is 22.7 Å². The number of hydrogen-bond acceptors (Lipinski definition) is 5. The maximum Gasteiger partial charge on any atom is 0.286 e. The van der Waals surface area contributed by atoms with E-state index in [9.17, 15) is 24.5 Å². The Morgan fingerprint density at radius 3 is 2.44 bits per heavy atom. The van der Waals surface area contributed by atoms with Crippen LogP contribution in [0.15, 0.2) is 24.3 Å². The molecule has 1 heterocycles. The molecular weight excluding hydrogens is 352 g/mol. The average molecular weight is 372 g/mol. The van der Waals surface area contributed by atoms with Gasteiger partial charge in [0, 0.05) is 29.0 Å². The van der Waals surface area contributed by atoms with Gasteiger partial charge in [-0.25, -0.2) is 0 Å². The molecule has 3 N–H and O–H groups in total. The molecule has 0 saturated carbocycles. The first kappa shape index (κ1) is 19.8. The number of H-pyrrole nitrogens is 1. The van der Waals surface area contributed by atoms with Gasteiger partial charge in [-0.05, 0) is 31.9 Å². The second-order valence-corrected chi connectivity index (χ2v) is 6.00. The zero-order valence-corrected chi connectivity index (χ0v) is 15.2. The van der Waals surface area contributed by atoms with E-state index in [4.69, 9.17) is 0 Å². The third-order valence-electron chi connectivity index (χ3n) is 3.98. The fourth-order valence-corrected chi connectivity index (χ4v) is 2.86. The highest BCUT2D eigenvalue weighted by Crippen LogP contribution is 2.21. The predicted octanol–water partition coefficient (Wildman–Crippen LogP) is 2.46. The molecule has 0 aliphatic carbocycles. The van der Waals surface area contributed by atoms with Crippen LogP contribution in [0.2, 0.25) is 0 Å². The number of aromatic amines is 1. The second kappa shape index (κ2) is 8.26. The van der Waals surface area contributed by atoms with Gasteiger partial charge in [0.25, 0.3) is 17.5 Å². The number of nitro groups is 1. The van der Waals surface area contributed by atoms with Gasteiger partial charge < -0.3 is 4.98 Å². The Kier molecular flexibility index (Phi) is 6.07. The molecule has 0 spiro atoms. The number of nitro benzene ring substituents is 1. The minimum absolute atomic E-state index is 0.0328. The first-order valence-electron chi connectivity index (χ1n) is 8.33. The van der Waals surface area contributed by atoms with Crippen molar-refractivity contribution >= 4 is 23.3 Å². The first-order chi connectivity index (χ1) is 12.8. The Balaban J connectivity index is 2.17. The van der Waals surface area contributed by atoms with E-state index in [0.29, 0.717) is 23.2 Å². The minimum atomic E-state index is -0.695. The summed E-state index contributed by atoms with van der Waals surface area (Å²) in [6, 6.07) is 5.14. The molecule has 2 rings (SSSR count). The Bertz CT molecular complexity index is 916. The van der Waals surface area contributed by atoms with Crippen LogP contribution in [0.1, 0.15) is 62.7 Å². The van der Waals surface area contributed by atoms with Crippen LogP contribution in [0.5, 0.6) is 0 Å². The number of aromatic nitrogens is 1. The highest BCUT2D eigenvalue weighted by molar-refractivity contribution is 6.03. The normalized spacial score (nSPS) is 10.3. The number of nitrogens with one attached hydrogen (secondary N) is 3. The molecule has 9 nitrogen and oxygen atoms in total. The average Bonchev–Trinajstić information content (AvgIpc) is 2.96. The lowest BCUT2D eigenvalue weighted by Crippen LogP contribution is -2.42. The van der Waals surface area contributed by atoms with Crippen molar-refractivity contribution in [2.75, 3.05) is 0 Å². The number of nitrogens with zero attached hydrogens (tertiary/aromatic N) is 1. The number of hydrazine groups is 1. The quantitative estimate of drug-likeness (QED) is 0.407. The number of non-ortho nitro benzene ring substituents is 1. The third-order valence-corrected chi connectivity index (χ3v) is 3.98. The number of rotatable bonds is 6. The standard InChI is InChI=1S/C18H20N4O5/c1-4-6-14-15(11(3)23)10(2)19-16(14)18(25)21-20-17(24)12-7-5-8-13(9-12)22(26)27/h5,7-9,19H,4,6H2,1-3H3,(H,20,24)(H,21,25). The van der Waals surface area contributed by atoms with E-state index in [1.807, 2.05) is 6.92 Å². The number of Topliss-reactive ketones (excluding diaryl/α,β-unsaturated/α-hetero) is 1. The highest BCUT2D eigenvalue weighted by atomic mass is 16.6. The number of ketones is 1. The maximum atomic E-state index is 12.5. The summed E-state index contributed by atoms with van der Waals surface area (Å²) in [5, 5.41) is 10.8. The molecule has 142 valence electrons. The van der Waals surface area contributed by atoms with Gasteiger partial charge in [0.15, 0.2) is 5.78 Å². The molecule has 0 fully saturated rings. The van der Waals surface area contributed by atoms with Crippen LogP contribution in [0.4, 0.5) is 5.69 Å². The summed E-state index contributed by atoms with van der Waals surface area (Å²) in [6.45, 7) is 5.06. The topological polar surface area (TPSA) is 134 Å². The number of carbonyl (C=O) groups excluding carboxylic acids is 3. The van der Waals surface area contributed by atoms with Crippen molar-refractivity contribution in [3.63, 3.8) is 0 Å². The molecule has 2 amide bonds. The molecule has 0 radical (unpaired) electrons. The zero-order valence-electron chi connectivity index (χ0n) is 15.2. The predicted molar refractivity (Wildman–Crippen MR) is 97.6 cm³/mol. The van der Waals surface area contributed by atoms with Gasteiger partial charge in [-0.1, -0.05) is 19.4 Å². The number of carbonyl (C=O) groups is 3. The Hall–Kier alpha value is -3.49. The highest BCUT2D eigenvalue weighted by Gasteiger charge is 2.22. The molecule has 0 saturated heterocycles. The Morgan fingerprint density at radius 2 is 1.85 bits per heavy atom. The lowest BCUT2D eigenvalue weighted by Gasteiger charge is -2.08. The fraction of sp³-hybridized carbons (Fsp3) is 0.278. The van der Waals surface area contributed by atoms with Crippen molar-refractivity contribution in [2.24, 2.45) is 0 Å². The summed E-state index contributed by atoms with van der Waals surface area (Å²) >= 11 is 0. The van der Waals surface area contributed by atoms with E-state index >= 15 is 0 Å². The number of benzene rings is 1. The van der Waals surface area contributed by atoms with Crippen LogP contribution < -0.4 is 10.9 Å². The van der Waals surface area contributed by atoms with Crippen LogP contribution in [-0.4, -0.2) is 27.5 Å². The van der Waals surface area contributed by atoms with Gasteiger partial charge in [0.2, 0.25) is 0 Å². The monoisotopic (exact) mass is 372 g/mol. The van der Waals surface area contributed by atoms with Gasteiger partial charge in [0.1, 0.15) is 5.69 Å². The van der Waals surface area contributed by atoms with Crippen LogP contribution >= 0.6 is 0 Å². The molecule has 0 bridgehead atoms. The van der Waals surface area contributed by atoms with Gasteiger partial charge in [0.05, 0.1) is 4.92 Å². The fourth-order valence-electron chi connectivity index (χ4n) is 2.86. The molecule has 0 aliphatic rings. The van der Waals surface area contributed by atoms with Gasteiger partial charge in [-0.3, -0.25) is 35.3 Å². The van der Waals surface area contributed by atoms with E-state index in [2.05, 4.69) is 15.8 Å². The van der Waals surface area contributed by atoms with Crippen LogP contribution in [0.3, 0.4) is 0 Å². The van der Waals surface area contributed by atoms with Crippen molar-refractivity contribution in [2.45, 2.75) is 33.6 Å². The van der Waals surface area contributed by atoms with E-state index in [1.54, 1.807) is 6.92 Å². The molecule has 2 aromatic rings. The summed E-state index contributed by atoms with van der Waals surface area (Å²) in [6.07, 6.45) is 1.26. The van der Waals surface area contributed by atoms with Crippen LogP contribution in [-0.2, 0) is 6.42 Å². The van der Waals surface area contributed by atoms with E-state index in [1.165, 1.54) is 25.1 Å². The minimum Gasteiger partial charge on any atom is -0.354 e. The molecule has 9 heteroatoms. The summed E-state index contributed by atoms with van der Waals surface area (Å²) in [4.78, 5) is 49.5. The summed E-state index contributed by atoms with van der Waals surface area (Å²) in [5.41, 5.74) is 6.17. The van der Waals surface area contributed by atoms with Gasteiger partial charge >= 0.3 is 0 Å².